The van der Waals surface area contributed by atoms with E-state index in [2.05, 4.69) is 0 Å². The maximum absolute atomic E-state index is 12.5. The van der Waals surface area contributed by atoms with Crippen molar-refractivity contribution >= 4 is 11.1 Å². The van der Waals surface area contributed by atoms with Gasteiger partial charge in [-0.05, 0) is 30.7 Å². The molecule has 1 aromatic rings. The Morgan fingerprint density at radius 3 is 2.55 bits per heavy atom. The largest absolute Gasteiger partial charge is 0.302 e. The smallest absolute Gasteiger partial charge is 0.186 e. The van der Waals surface area contributed by atoms with Gasteiger partial charge in [-0.2, -0.15) is 0 Å². The van der Waals surface area contributed by atoms with Gasteiger partial charge in [-0.25, -0.2) is 8.60 Å². The van der Waals surface area contributed by atoms with E-state index >= 15 is 0 Å². The lowest BCUT2D eigenvalue weighted by Crippen LogP contribution is -1.90. The third-order valence-electron chi connectivity index (χ3n) is 1.22. The highest BCUT2D eigenvalue weighted by Crippen LogP contribution is 2.10. The van der Waals surface area contributed by atoms with Crippen LogP contribution in [0, 0.1) is 12.7 Å². The van der Waals surface area contributed by atoms with Crippen molar-refractivity contribution in [3.8, 4) is 0 Å². The molecule has 0 saturated carbocycles. The van der Waals surface area contributed by atoms with Crippen molar-refractivity contribution in [2.45, 2.75) is 11.8 Å². The van der Waals surface area contributed by atoms with Gasteiger partial charge in [-0.1, -0.05) is 0 Å². The maximum atomic E-state index is 12.5. The number of rotatable bonds is 1. The molecule has 0 aliphatic carbocycles. The van der Waals surface area contributed by atoms with Crippen LogP contribution in [0.5, 0.6) is 0 Å². The third-order valence-corrected chi connectivity index (χ3v) is 1.86. The first-order chi connectivity index (χ1) is 5.09. The Labute approximate surface area is 66.3 Å². The van der Waals surface area contributed by atoms with Crippen molar-refractivity contribution in [2.24, 2.45) is 0 Å². The van der Waals surface area contributed by atoms with E-state index in [4.69, 9.17) is 4.55 Å². The molecule has 4 heteroatoms. The van der Waals surface area contributed by atoms with Crippen molar-refractivity contribution < 1.29 is 13.2 Å². The van der Waals surface area contributed by atoms with Gasteiger partial charge in [0.1, 0.15) is 5.82 Å². The summed E-state index contributed by atoms with van der Waals surface area (Å²) in [6.45, 7) is 1.67. The van der Waals surface area contributed by atoms with E-state index in [1.165, 1.54) is 12.1 Å². The summed E-state index contributed by atoms with van der Waals surface area (Å²) in [5, 5.41) is 0. The molecule has 0 aromatic heterocycles. The Hall–Kier alpha value is -0.740. The summed E-state index contributed by atoms with van der Waals surface area (Å²) in [4.78, 5) is 0.0995. The summed E-state index contributed by atoms with van der Waals surface area (Å²) in [5.74, 6) is -0.484. The van der Waals surface area contributed by atoms with Crippen molar-refractivity contribution in [1.29, 1.82) is 0 Å². The van der Waals surface area contributed by atoms with Crippen LogP contribution >= 0.6 is 0 Å². The lowest BCUT2D eigenvalue weighted by molar-refractivity contribution is 0.561. The summed E-state index contributed by atoms with van der Waals surface area (Å²) in [6, 6.07) is 3.82. The quantitative estimate of drug-likeness (QED) is 0.658. The second-order valence-electron chi connectivity index (χ2n) is 2.21. The molecule has 0 heterocycles. The lowest BCUT2D eigenvalue weighted by atomic mass is 10.2. The van der Waals surface area contributed by atoms with Crippen LogP contribution in [0.15, 0.2) is 23.1 Å². The van der Waals surface area contributed by atoms with Crippen LogP contribution in [0.4, 0.5) is 4.39 Å². The van der Waals surface area contributed by atoms with Gasteiger partial charge in [0, 0.05) is 0 Å². The first-order valence-corrected chi connectivity index (χ1v) is 4.08. The third kappa shape index (κ3) is 2.10. The van der Waals surface area contributed by atoms with Crippen molar-refractivity contribution in [3.63, 3.8) is 0 Å². The molecule has 1 rings (SSSR count). The number of halogens is 1. The zero-order valence-corrected chi connectivity index (χ0v) is 6.69. The molecule has 11 heavy (non-hydrogen) atoms. The summed E-state index contributed by atoms with van der Waals surface area (Å²) in [6.07, 6.45) is 0. The minimum atomic E-state index is -2.09. The Bertz CT molecular complexity index is 278. The Morgan fingerprint density at radius 1 is 1.45 bits per heavy atom. The molecule has 0 spiro atoms. The molecule has 0 amide bonds. The fourth-order valence-electron chi connectivity index (χ4n) is 0.804. The van der Waals surface area contributed by atoms with Gasteiger partial charge < -0.3 is 4.55 Å². The van der Waals surface area contributed by atoms with Gasteiger partial charge in [0.05, 0.1) is 4.90 Å². The summed E-state index contributed by atoms with van der Waals surface area (Å²) >= 11 is -2.09. The number of benzene rings is 1. The van der Waals surface area contributed by atoms with E-state index < -0.39 is 16.9 Å². The van der Waals surface area contributed by atoms with Gasteiger partial charge in [0.2, 0.25) is 0 Å². The molecular weight excluding hydrogens is 167 g/mol. The van der Waals surface area contributed by atoms with Crippen LogP contribution < -0.4 is 0 Å². The van der Waals surface area contributed by atoms with E-state index in [9.17, 15) is 8.60 Å². The number of hydrogen-bond acceptors (Lipinski definition) is 1. The molecule has 0 radical (unpaired) electrons. The Morgan fingerprint density at radius 2 is 2.09 bits per heavy atom. The highest BCUT2D eigenvalue weighted by atomic mass is 32.2. The molecule has 0 saturated heterocycles. The lowest BCUT2D eigenvalue weighted by Gasteiger charge is -1.96. The van der Waals surface area contributed by atoms with Crippen molar-refractivity contribution in [2.75, 3.05) is 0 Å². The second-order valence-corrected chi connectivity index (χ2v) is 3.18. The summed E-state index contributed by atoms with van der Waals surface area (Å²) < 4.78 is 31.6. The van der Waals surface area contributed by atoms with Gasteiger partial charge >= 0.3 is 0 Å². The second kappa shape index (κ2) is 3.11. The first-order valence-electron chi connectivity index (χ1n) is 2.97. The van der Waals surface area contributed by atoms with E-state index in [1.54, 1.807) is 6.92 Å². The Balaban J connectivity index is 3.19. The minimum Gasteiger partial charge on any atom is -0.302 e. The molecule has 1 unspecified atom stereocenters. The van der Waals surface area contributed by atoms with Crippen LogP contribution in [-0.4, -0.2) is 8.76 Å². The predicted octanol–water partition coefficient (Wildman–Crippen LogP) is 1.71. The molecule has 1 N–H and O–H groups in total. The maximum Gasteiger partial charge on any atom is 0.186 e. The van der Waals surface area contributed by atoms with Gasteiger partial charge in [0.15, 0.2) is 11.1 Å². The van der Waals surface area contributed by atoms with Crippen LogP contribution in [0.1, 0.15) is 5.56 Å². The molecule has 0 fully saturated rings. The van der Waals surface area contributed by atoms with Gasteiger partial charge in [0.25, 0.3) is 0 Å². The van der Waals surface area contributed by atoms with Crippen LogP contribution in [-0.2, 0) is 11.1 Å². The Kier molecular flexibility index (Phi) is 2.36. The minimum absolute atomic E-state index is 0.0995. The molecule has 0 bridgehead atoms. The topological polar surface area (TPSA) is 37.3 Å². The van der Waals surface area contributed by atoms with Gasteiger partial charge in [-0.15, -0.1) is 0 Å². The normalized spacial score (nSPS) is 13.0. The van der Waals surface area contributed by atoms with E-state index in [1.807, 2.05) is 0 Å². The predicted molar refractivity (Wildman–Crippen MR) is 40.2 cm³/mol. The molecule has 1 aromatic carbocycles. The number of hydrogen-bond donors (Lipinski definition) is 1. The highest BCUT2D eigenvalue weighted by Gasteiger charge is 2.01. The zero-order chi connectivity index (χ0) is 8.43. The van der Waals surface area contributed by atoms with Crippen LogP contribution in [0.2, 0.25) is 0 Å². The van der Waals surface area contributed by atoms with E-state index in [0.717, 1.165) is 6.07 Å². The highest BCUT2D eigenvalue weighted by molar-refractivity contribution is 7.79. The first kappa shape index (κ1) is 8.36. The molecule has 60 valence electrons. The fourth-order valence-corrected chi connectivity index (χ4v) is 1.30. The average Bonchev–Trinajstić information content (AvgIpc) is 1.85. The molecule has 0 aliphatic rings. The van der Waals surface area contributed by atoms with Crippen molar-refractivity contribution in [1.82, 2.24) is 0 Å². The fraction of sp³-hybridized carbons (Fsp3) is 0.143. The standard InChI is InChI=1S/C7H7FO2S/c1-5-2-6(8)4-7(3-5)11(9)10/h2-4H,1H3,(H,9,10). The van der Waals surface area contributed by atoms with Crippen LogP contribution in [0.3, 0.4) is 0 Å². The van der Waals surface area contributed by atoms with E-state index in [-0.39, 0.29) is 4.90 Å². The van der Waals surface area contributed by atoms with Gasteiger partial charge in [-0.3, -0.25) is 0 Å². The molecular formula is C7H7FO2S. The molecule has 0 aliphatic heterocycles. The summed E-state index contributed by atoms with van der Waals surface area (Å²) in [7, 11) is 0. The van der Waals surface area contributed by atoms with E-state index in [0.29, 0.717) is 5.56 Å². The molecule has 1 atom stereocenters. The van der Waals surface area contributed by atoms with Crippen LogP contribution in [0.25, 0.3) is 0 Å². The monoisotopic (exact) mass is 174 g/mol. The zero-order valence-electron chi connectivity index (χ0n) is 5.87. The summed E-state index contributed by atoms with van der Waals surface area (Å²) in [5.41, 5.74) is 0.641. The number of aryl methyl sites for hydroxylation is 1. The average molecular weight is 174 g/mol. The SMILES string of the molecule is Cc1cc(F)cc(S(=O)O)c1. The van der Waals surface area contributed by atoms with Crippen molar-refractivity contribution in [3.05, 3.63) is 29.6 Å². The molecule has 2 nitrogen and oxygen atoms in total.